The van der Waals surface area contributed by atoms with Crippen LogP contribution in [0.2, 0.25) is 5.02 Å². The van der Waals surface area contributed by atoms with E-state index in [1.807, 2.05) is 18.2 Å². The molecule has 2 fully saturated rings. The number of rotatable bonds is 3. The van der Waals surface area contributed by atoms with Gasteiger partial charge in [-0.2, -0.15) is 0 Å². The SMILES string of the molecule is NCc1ccc(OC2CCOC3(CCCC3)C2)c(Cl)c1. The Kier molecular flexibility index (Phi) is 4.20. The first kappa shape index (κ1) is 14.2. The predicted molar refractivity (Wildman–Crippen MR) is 80.1 cm³/mol. The summed E-state index contributed by atoms with van der Waals surface area (Å²) in [5.74, 6) is 0.768. The van der Waals surface area contributed by atoms with E-state index < -0.39 is 0 Å². The second-order valence-electron chi connectivity index (χ2n) is 5.94. The molecule has 0 bridgehead atoms. The first-order valence-corrected chi connectivity index (χ1v) is 7.88. The molecule has 1 aromatic rings. The molecule has 0 radical (unpaired) electrons. The van der Waals surface area contributed by atoms with Crippen molar-refractivity contribution in [3.8, 4) is 5.75 Å². The molecule has 2 aliphatic rings. The Morgan fingerprint density at radius 2 is 2.15 bits per heavy atom. The normalized spacial score (nSPS) is 25.0. The van der Waals surface area contributed by atoms with Crippen LogP contribution in [-0.2, 0) is 11.3 Å². The van der Waals surface area contributed by atoms with Crippen LogP contribution in [0.3, 0.4) is 0 Å². The predicted octanol–water partition coefficient (Wildman–Crippen LogP) is 3.67. The third-order valence-electron chi connectivity index (χ3n) is 4.49. The second-order valence-corrected chi connectivity index (χ2v) is 6.35. The maximum absolute atomic E-state index is 6.27. The first-order valence-electron chi connectivity index (χ1n) is 7.50. The average Bonchev–Trinajstić information content (AvgIpc) is 2.89. The van der Waals surface area contributed by atoms with E-state index in [2.05, 4.69) is 0 Å². The van der Waals surface area contributed by atoms with Gasteiger partial charge in [0.2, 0.25) is 0 Å². The fourth-order valence-corrected chi connectivity index (χ4v) is 3.65. The van der Waals surface area contributed by atoms with Gasteiger partial charge in [-0.3, -0.25) is 0 Å². The summed E-state index contributed by atoms with van der Waals surface area (Å²) in [5, 5.41) is 0.653. The summed E-state index contributed by atoms with van der Waals surface area (Å²) < 4.78 is 12.2. The molecule has 1 saturated carbocycles. The van der Waals surface area contributed by atoms with Crippen LogP contribution in [0.4, 0.5) is 0 Å². The Morgan fingerprint density at radius 1 is 1.35 bits per heavy atom. The Labute approximate surface area is 125 Å². The van der Waals surface area contributed by atoms with Gasteiger partial charge in [0.15, 0.2) is 0 Å². The number of ether oxygens (including phenoxy) is 2. The van der Waals surface area contributed by atoms with Crippen LogP contribution in [0, 0.1) is 0 Å². The molecule has 0 aromatic heterocycles. The van der Waals surface area contributed by atoms with E-state index in [4.69, 9.17) is 26.8 Å². The molecule has 2 N–H and O–H groups in total. The van der Waals surface area contributed by atoms with Crippen molar-refractivity contribution in [3.05, 3.63) is 28.8 Å². The molecule has 3 rings (SSSR count). The topological polar surface area (TPSA) is 44.5 Å². The highest BCUT2D eigenvalue weighted by atomic mass is 35.5. The Balaban J connectivity index is 1.68. The van der Waals surface area contributed by atoms with E-state index in [9.17, 15) is 0 Å². The molecule has 1 atom stereocenters. The van der Waals surface area contributed by atoms with Crippen molar-refractivity contribution in [2.24, 2.45) is 5.73 Å². The maximum Gasteiger partial charge on any atom is 0.138 e. The largest absolute Gasteiger partial charge is 0.489 e. The molecule has 3 nitrogen and oxygen atoms in total. The standard InChI is InChI=1S/C16H22ClNO2/c17-14-9-12(11-18)3-4-15(14)20-13-5-8-19-16(10-13)6-1-2-7-16/h3-4,9,13H,1-2,5-8,10-11,18H2. The molecule has 1 aliphatic heterocycles. The van der Waals surface area contributed by atoms with Crippen molar-refractivity contribution in [1.29, 1.82) is 0 Å². The quantitative estimate of drug-likeness (QED) is 0.925. The lowest BCUT2D eigenvalue weighted by Gasteiger charge is -2.38. The van der Waals surface area contributed by atoms with Crippen molar-refractivity contribution in [2.45, 2.75) is 56.8 Å². The van der Waals surface area contributed by atoms with Gasteiger partial charge >= 0.3 is 0 Å². The summed E-state index contributed by atoms with van der Waals surface area (Å²) in [6, 6.07) is 5.80. The number of hydrogen-bond donors (Lipinski definition) is 1. The first-order chi connectivity index (χ1) is 9.71. The Morgan fingerprint density at radius 3 is 2.85 bits per heavy atom. The highest BCUT2D eigenvalue weighted by molar-refractivity contribution is 6.32. The maximum atomic E-state index is 6.27. The third kappa shape index (κ3) is 2.95. The van der Waals surface area contributed by atoms with Crippen LogP contribution in [0.25, 0.3) is 0 Å². The van der Waals surface area contributed by atoms with Crippen molar-refractivity contribution < 1.29 is 9.47 Å². The number of halogens is 1. The van der Waals surface area contributed by atoms with E-state index in [0.29, 0.717) is 11.6 Å². The Hall–Kier alpha value is -0.770. The van der Waals surface area contributed by atoms with Gasteiger partial charge in [0.05, 0.1) is 17.2 Å². The Bertz CT molecular complexity index is 472. The summed E-state index contributed by atoms with van der Waals surface area (Å²) in [7, 11) is 0. The van der Waals surface area contributed by atoms with Crippen LogP contribution < -0.4 is 10.5 Å². The number of benzene rings is 1. The van der Waals surface area contributed by atoms with Gasteiger partial charge in [-0.25, -0.2) is 0 Å². The van der Waals surface area contributed by atoms with Crippen LogP contribution >= 0.6 is 11.6 Å². The van der Waals surface area contributed by atoms with Gasteiger partial charge in [-0.15, -0.1) is 0 Å². The van der Waals surface area contributed by atoms with Crippen molar-refractivity contribution in [1.82, 2.24) is 0 Å². The van der Waals surface area contributed by atoms with Crippen molar-refractivity contribution in [3.63, 3.8) is 0 Å². The third-order valence-corrected chi connectivity index (χ3v) is 4.78. The van der Waals surface area contributed by atoms with Crippen LogP contribution in [0.5, 0.6) is 5.75 Å². The van der Waals surface area contributed by atoms with E-state index in [-0.39, 0.29) is 11.7 Å². The molecule has 1 spiro atoms. The molecule has 1 aromatic carbocycles. The zero-order chi connectivity index (χ0) is 14.0. The highest BCUT2D eigenvalue weighted by Crippen LogP contribution is 2.41. The lowest BCUT2D eigenvalue weighted by molar-refractivity contribution is -0.108. The lowest BCUT2D eigenvalue weighted by Crippen LogP contribution is -2.41. The highest BCUT2D eigenvalue weighted by Gasteiger charge is 2.40. The van der Waals surface area contributed by atoms with E-state index in [1.54, 1.807) is 0 Å². The van der Waals surface area contributed by atoms with Gasteiger partial charge in [-0.1, -0.05) is 30.5 Å². The zero-order valence-corrected chi connectivity index (χ0v) is 12.5. The van der Waals surface area contributed by atoms with Gasteiger partial charge in [-0.05, 0) is 30.5 Å². The van der Waals surface area contributed by atoms with E-state index in [0.717, 1.165) is 30.8 Å². The molecule has 110 valence electrons. The van der Waals surface area contributed by atoms with Gasteiger partial charge in [0, 0.05) is 19.4 Å². The summed E-state index contributed by atoms with van der Waals surface area (Å²) in [4.78, 5) is 0. The summed E-state index contributed by atoms with van der Waals surface area (Å²) in [5.41, 5.74) is 6.72. The summed E-state index contributed by atoms with van der Waals surface area (Å²) in [6.45, 7) is 1.30. The molecule has 1 saturated heterocycles. The minimum atomic E-state index is 0.0760. The molecule has 1 aliphatic carbocycles. The molecular formula is C16H22ClNO2. The van der Waals surface area contributed by atoms with Crippen LogP contribution in [0.15, 0.2) is 18.2 Å². The van der Waals surface area contributed by atoms with Crippen LogP contribution in [-0.4, -0.2) is 18.3 Å². The van der Waals surface area contributed by atoms with Gasteiger partial charge in [0.1, 0.15) is 11.9 Å². The smallest absolute Gasteiger partial charge is 0.138 e. The van der Waals surface area contributed by atoms with E-state index in [1.165, 1.54) is 25.7 Å². The summed E-state index contributed by atoms with van der Waals surface area (Å²) >= 11 is 6.27. The van der Waals surface area contributed by atoms with Crippen LogP contribution in [0.1, 0.15) is 44.1 Å². The zero-order valence-electron chi connectivity index (χ0n) is 11.7. The van der Waals surface area contributed by atoms with Gasteiger partial charge < -0.3 is 15.2 Å². The molecule has 1 heterocycles. The average molecular weight is 296 g/mol. The molecule has 1 unspecified atom stereocenters. The van der Waals surface area contributed by atoms with Crippen molar-refractivity contribution in [2.75, 3.05) is 6.61 Å². The summed E-state index contributed by atoms with van der Waals surface area (Å²) in [6.07, 6.45) is 7.04. The molecule has 4 heteroatoms. The van der Waals surface area contributed by atoms with Crippen molar-refractivity contribution >= 4 is 11.6 Å². The number of nitrogens with two attached hydrogens (primary N) is 1. The molecule has 0 amide bonds. The monoisotopic (exact) mass is 295 g/mol. The minimum Gasteiger partial charge on any atom is -0.489 e. The fourth-order valence-electron chi connectivity index (χ4n) is 3.40. The fraction of sp³-hybridized carbons (Fsp3) is 0.625. The minimum absolute atomic E-state index is 0.0760. The number of hydrogen-bond acceptors (Lipinski definition) is 3. The van der Waals surface area contributed by atoms with Gasteiger partial charge in [0.25, 0.3) is 0 Å². The lowest BCUT2D eigenvalue weighted by atomic mass is 9.90. The van der Waals surface area contributed by atoms with E-state index >= 15 is 0 Å². The molecular weight excluding hydrogens is 274 g/mol. The molecule has 20 heavy (non-hydrogen) atoms. The second kappa shape index (κ2) is 5.92.